The first-order valence-corrected chi connectivity index (χ1v) is 5.54. The van der Waals surface area contributed by atoms with Crippen LogP contribution in [0.3, 0.4) is 0 Å². The van der Waals surface area contributed by atoms with Gasteiger partial charge in [-0.05, 0) is 18.9 Å². The van der Waals surface area contributed by atoms with Gasteiger partial charge < -0.3 is 4.74 Å². The van der Waals surface area contributed by atoms with Crippen LogP contribution >= 0.6 is 0 Å². The lowest BCUT2D eigenvalue weighted by Gasteiger charge is -2.09. The Balaban J connectivity index is 2.06. The molecule has 2 nitrogen and oxygen atoms in total. The molecule has 16 heavy (non-hydrogen) atoms. The van der Waals surface area contributed by atoms with E-state index in [1.54, 1.807) is 0 Å². The van der Waals surface area contributed by atoms with Gasteiger partial charge >= 0.3 is 0 Å². The van der Waals surface area contributed by atoms with Crippen molar-refractivity contribution in [2.24, 2.45) is 0 Å². The van der Waals surface area contributed by atoms with Gasteiger partial charge in [0.1, 0.15) is 5.75 Å². The maximum Gasteiger partial charge on any atom is 0.163 e. The number of unbranched alkanes of at least 4 members (excludes halogenated alkanes) is 1. The SMILES string of the molecule is C#CCCCOc1cccc2c1CCC2=O. The molecule has 0 heterocycles. The minimum Gasteiger partial charge on any atom is -0.493 e. The molecule has 0 N–H and O–H groups in total. The predicted octanol–water partition coefficient (Wildman–Crippen LogP) is 2.61. The maximum atomic E-state index is 11.5. The number of terminal acetylenes is 1. The van der Waals surface area contributed by atoms with Crippen molar-refractivity contribution in [2.75, 3.05) is 6.61 Å². The summed E-state index contributed by atoms with van der Waals surface area (Å²) in [5, 5.41) is 0. The van der Waals surface area contributed by atoms with Gasteiger partial charge in [0.05, 0.1) is 6.61 Å². The summed E-state index contributed by atoms with van der Waals surface area (Å²) in [4.78, 5) is 11.5. The number of fused-ring (bicyclic) bond motifs is 1. The first-order chi connectivity index (χ1) is 7.83. The third-order valence-electron chi connectivity index (χ3n) is 2.76. The molecule has 1 aromatic carbocycles. The predicted molar refractivity (Wildman–Crippen MR) is 62.7 cm³/mol. The molecule has 0 saturated carbocycles. The van der Waals surface area contributed by atoms with Gasteiger partial charge in [-0.1, -0.05) is 12.1 Å². The average Bonchev–Trinajstić information content (AvgIpc) is 2.68. The first kappa shape index (κ1) is 10.8. The minimum absolute atomic E-state index is 0.226. The Hall–Kier alpha value is -1.75. The Morgan fingerprint density at radius 3 is 3.06 bits per heavy atom. The molecular formula is C14H14O2. The zero-order chi connectivity index (χ0) is 11.4. The van der Waals surface area contributed by atoms with Crippen LogP contribution in [-0.2, 0) is 6.42 Å². The molecule has 0 fully saturated rings. The number of benzene rings is 1. The highest BCUT2D eigenvalue weighted by Crippen LogP contribution is 2.30. The molecule has 82 valence electrons. The molecule has 0 aromatic heterocycles. The highest BCUT2D eigenvalue weighted by Gasteiger charge is 2.22. The van der Waals surface area contributed by atoms with Crippen LogP contribution in [0.1, 0.15) is 35.2 Å². The van der Waals surface area contributed by atoms with Gasteiger partial charge in [0.15, 0.2) is 5.78 Å². The van der Waals surface area contributed by atoms with Crippen molar-refractivity contribution in [3.8, 4) is 18.1 Å². The summed E-state index contributed by atoms with van der Waals surface area (Å²) in [6.45, 7) is 0.620. The summed E-state index contributed by atoms with van der Waals surface area (Å²) in [7, 11) is 0. The molecule has 0 spiro atoms. The van der Waals surface area contributed by atoms with Gasteiger partial charge in [0, 0.05) is 24.0 Å². The fourth-order valence-electron chi connectivity index (χ4n) is 1.95. The summed E-state index contributed by atoms with van der Waals surface area (Å²) in [5.74, 6) is 3.65. The number of hydrogen-bond donors (Lipinski definition) is 0. The van der Waals surface area contributed by atoms with E-state index in [2.05, 4.69) is 5.92 Å². The van der Waals surface area contributed by atoms with Gasteiger partial charge in [-0.15, -0.1) is 12.3 Å². The Labute approximate surface area is 95.6 Å². The maximum absolute atomic E-state index is 11.5. The second-order valence-electron chi connectivity index (χ2n) is 3.86. The number of ketones is 1. The van der Waals surface area contributed by atoms with E-state index in [1.807, 2.05) is 18.2 Å². The van der Waals surface area contributed by atoms with Crippen LogP contribution in [-0.4, -0.2) is 12.4 Å². The van der Waals surface area contributed by atoms with Crippen LogP contribution in [0.4, 0.5) is 0 Å². The Morgan fingerprint density at radius 2 is 2.25 bits per heavy atom. The van der Waals surface area contributed by atoms with Crippen molar-refractivity contribution in [1.29, 1.82) is 0 Å². The molecule has 1 aliphatic rings. The lowest BCUT2D eigenvalue weighted by Crippen LogP contribution is -2.00. The number of rotatable bonds is 4. The number of ether oxygens (including phenoxy) is 1. The van der Waals surface area contributed by atoms with Crippen molar-refractivity contribution in [1.82, 2.24) is 0 Å². The molecular weight excluding hydrogens is 200 g/mol. The number of Topliss-reactive ketones (excluding diaryl/α,β-unsaturated/α-hetero) is 1. The van der Waals surface area contributed by atoms with Crippen LogP contribution in [0.15, 0.2) is 18.2 Å². The van der Waals surface area contributed by atoms with E-state index in [9.17, 15) is 4.79 Å². The van der Waals surface area contributed by atoms with Crippen molar-refractivity contribution in [3.63, 3.8) is 0 Å². The smallest absolute Gasteiger partial charge is 0.163 e. The Bertz CT molecular complexity index is 441. The van der Waals surface area contributed by atoms with E-state index in [1.165, 1.54) is 0 Å². The van der Waals surface area contributed by atoms with Crippen molar-refractivity contribution >= 4 is 5.78 Å². The molecule has 0 atom stereocenters. The molecule has 0 aliphatic heterocycles. The van der Waals surface area contributed by atoms with Gasteiger partial charge in [0.2, 0.25) is 0 Å². The minimum atomic E-state index is 0.226. The molecule has 2 heteroatoms. The van der Waals surface area contributed by atoms with E-state index in [-0.39, 0.29) is 5.78 Å². The van der Waals surface area contributed by atoms with E-state index < -0.39 is 0 Å². The number of carbonyl (C=O) groups is 1. The average molecular weight is 214 g/mol. The molecule has 0 unspecified atom stereocenters. The van der Waals surface area contributed by atoms with E-state index in [0.717, 1.165) is 36.1 Å². The van der Waals surface area contributed by atoms with Crippen molar-refractivity contribution in [3.05, 3.63) is 29.3 Å². The molecule has 1 aliphatic carbocycles. The topological polar surface area (TPSA) is 26.3 Å². The largest absolute Gasteiger partial charge is 0.493 e. The zero-order valence-corrected chi connectivity index (χ0v) is 9.16. The molecule has 1 aromatic rings. The lowest BCUT2D eigenvalue weighted by atomic mass is 10.1. The monoisotopic (exact) mass is 214 g/mol. The summed E-state index contributed by atoms with van der Waals surface area (Å²) < 4.78 is 5.65. The molecule has 0 amide bonds. The number of hydrogen-bond acceptors (Lipinski definition) is 2. The number of carbonyl (C=O) groups excluding carboxylic acids is 1. The second-order valence-corrected chi connectivity index (χ2v) is 3.86. The molecule has 2 rings (SSSR count). The van der Waals surface area contributed by atoms with Crippen LogP contribution in [0.2, 0.25) is 0 Å². The zero-order valence-electron chi connectivity index (χ0n) is 9.16. The fourth-order valence-corrected chi connectivity index (χ4v) is 1.95. The normalized spacial score (nSPS) is 13.3. The summed E-state index contributed by atoms with van der Waals surface area (Å²) in [5.41, 5.74) is 1.89. The quantitative estimate of drug-likeness (QED) is 0.569. The molecule has 0 saturated heterocycles. The third-order valence-corrected chi connectivity index (χ3v) is 2.76. The summed E-state index contributed by atoms with van der Waals surface area (Å²) in [6.07, 6.45) is 8.17. The van der Waals surface area contributed by atoms with Crippen LogP contribution in [0.25, 0.3) is 0 Å². The van der Waals surface area contributed by atoms with Crippen molar-refractivity contribution in [2.45, 2.75) is 25.7 Å². The lowest BCUT2D eigenvalue weighted by molar-refractivity contribution is 0.0994. The van der Waals surface area contributed by atoms with Crippen molar-refractivity contribution < 1.29 is 9.53 Å². The molecule has 0 bridgehead atoms. The highest BCUT2D eigenvalue weighted by molar-refractivity contribution is 6.01. The Kier molecular flexibility index (Phi) is 3.26. The standard InChI is InChI=1S/C14H14O2/c1-2-3-4-10-16-14-7-5-6-11-12(14)8-9-13(11)15/h1,5-7H,3-4,8-10H2. The van der Waals surface area contributed by atoms with Crippen LogP contribution < -0.4 is 4.74 Å². The fraction of sp³-hybridized carbons (Fsp3) is 0.357. The second kappa shape index (κ2) is 4.85. The third kappa shape index (κ3) is 2.09. The summed E-state index contributed by atoms with van der Waals surface area (Å²) in [6, 6.07) is 5.67. The summed E-state index contributed by atoms with van der Waals surface area (Å²) >= 11 is 0. The van der Waals surface area contributed by atoms with E-state index >= 15 is 0 Å². The van der Waals surface area contributed by atoms with Gasteiger partial charge in [-0.25, -0.2) is 0 Å². The highest BCUT2D eigenvalue weighted by atomic mass is 16.5. The van der Waals surface area contributed by atoms with E-state index in [4.69, 9.17) is 11.2 Å². The van der Waals surface area contributed by atoms with Gasteiger partial charge in [-0.2, -0.15) is 0 Å². The van der Waals surface area contributed by atoms with Gasteiger partial charge in [0.25, 0.3) is 0 Å². The van der Waals surface area contributed by atoms with E-state index in [0.29, 0.717) is 13.0 Å². The van der Waals surface area contributed by atoms with Crippen LogP contribution in [0.5, 0.6) is 5.75 Å². The van der Waals surface area contributed by atoms with Gasteiger partial charge in [-0.3, -0.25) is 4.79 Å². The first-order valence-electron chi connectivity index (χ1n) is 5.54. The molecule has 0 radical (unpaired) electrons. The Morgan fingerprint density at radius 1 is 1.38 bits per heavy atom. The van der Waals surface area contributed by atoms with Crippen LogP contribution in [0, 0.1) is 12.3 Å².